The van der Waals surface area contributed by atoms with Gasteiger partial charge >= 0.3 is 0 Å². The summed E-state index contributed by atoms with van der Waals surface area (Å²) in [5.74, 6) is 0. The van der Waals surface area contributed by atoms with Gasteiger partial charge in [0.1, 0.15) is 5.52 Å². The highest BCUT2D eigenvalue weighted by Crippen LogP contribution is 2.54. The summed E-state index contributed by atoms with van der Waals surface area (Å²) < 4.78 is 10.5. The van der Waals surface area contributed by atoms with Gasteiger partial charge in [0, 0.05) is 60.4 Å². The lowest BCUT2D eigenvalue weighted by Crippen LogP contribution is -2.31. The van der Waals surface area contributed by atoms with Crippen LogP contribution in [-0.2, 0) is 11.8 Å². The van der Waals surface area contributed by atoms with Crippen LogP contribution in [0.4, 0.5) is 11.4 Å². The number of ether oxygens (including phenoxy) is 1. The molecule has 2 N–H and O–H groups in total. The molecule has 30 heavy (non-hydrogen) atoms. The van der Waals surface area contributed by atoms with E-state index in [9.17, 15) is 4.79 Å². The number of pyridine rings is 1. The molecule has 0 amide bonds. The maximum atomic E-state index is 12.6. The minimum atomic E-state index is 0.00762. The minimum Gasteiger partial charge on any atom is -0.379 e. The van der Waals surface area contributed by atoms with Gasteiger partial charge in [0.15, 0.2) is 0 Å². The summed E-state index contributed by atoms with van der Waals surface area (Å²) in [5.41, 5.74) is 5.87. The number of aromatic amines is 1. The van der Waals surface area contributed by atoms with E-state index < -0.39 is 0 Å². The predicted molar refractivity (Wildman–Crippen MR) is 123 cm³/mol. The first-order valence-corrected chi connectivity index (χ1v) is 11.6. The van der Waals surface area contributed by atoms with E-state index in [1.54, 1.807) is 16.5 Å². The highest BCUT2D eigenvalue weighted by atomic mass is 32.2. The van der Waals surface area contributed by atoms with Crippen LogP contribution >= 0.6 is 11.9 Å². The molecule has 2 aliphatic heterocycles. The van der Waals surface area contributed by atoms with Crippen molar-refractivity contribution in [1.29, 1.82) is 0 Å². The maximum absolute atomic E-state index is 12.6. The number of hydrogen-bond donors (Lipinski definition) is 2. The number of fused-ring (bicyclic) bond motifs is 1. The number of rotatable bonds is 5. The lowest BCUT2D eigenvalue weighted by atomic mass is 10.0. The summed E-state index contributed by atoms with van der Waals surface area (Å²) in [5, 5.41) is 1.49. The Kier molecular flexibility index (Phi) is 4.18. The Bertz CT molecular complexity index is 1180. The molecule has 2 saturated heterocycles. The molecule has 1 saturated carbocycles. The topological polar surface area (TPSA) is 62.3 Å². The van der Waals surface area contributed by atoms with Gasteiger partial charge in [0.05, 0.1) is 18.5 Å². The molecule has 7 heteroatoms. The molecule has 0 radical (unpaired) electrons. The van der Waals surface area contributed by atoms with Gasteiger partial charge in [0.25, 0.3) is 5.56 Å². The Morgan fingerprint density at radius 2 is 2.07 bits per heavy atom. The van der Waals surface area contributed by atoms with E-state index in [1.165, 1.54) is 30.5 Å². The van der Waals surface area contributed by atoms with Gasteiger partial charge in [-0.05, 0) is 60.9 Å². The first-order valence-electron chi connectivity index (χ1n) is 10.7. The Morgan fingerprint density at radius 3 is 2.80 bits per heavy atom. The molecule has 0 bridgehead atoms. The van der Waals surface area contributed by atoms with Crippen molar-refractivity contribution in [1.82, 2.24) is 9.55 Å². The number of hydrogen-bond acceptors (Lipinski definition) is 5. The molecule has 1 aliphatic carbocycles. The predicted octanol–water partition coefficient (Wildman–Crippen LogP) is 3.98. The standard InChI is InChI=1S/C23H26N4O2S/c1-26-11-19(17-4-8-24-21(17)22(26)28)18-10-15(25-30-16-12-29-13-16)2-3-20(18)27-9-7-23(14-27)5-6-23/h2-4,8,10-11,16,24-25H,5-7,9,12-14H2,1H3. The van der Waals surface area contributed by atoms with Crippen molar-refractivity contribution in [2.45, 2.75) is 24.5 Å². The number of aryl methyl sites for hydroxylation is 1. The fourth-order valence-corrected chi connectivity index (χ4v) is 5.49. The van der Waals surface area contributed by atoms with Crippen LogP contribution in [0.3, 0.4) is 0 Å². The van der Waals surface area contributed by atoms with Crippen molar-refractivity contribution in [3.8, 4) is 11.1 Å². The lowest BCUT2D eigenvalue weighted by molar-refractivity contribution is 0.0457. The van der Waals surface area contributed by atoms with Gasteiger partial charge in [0.2, 0.25) is 0 Å². The molecule has 1 aromatic carbocycles. The van der Waals surface area contributed by atoms with Crippen molar-refractivity contribution in [2.24, 2.45) is 12.5 Å². The number of nitrogens with zero attached hydrogens (tertiary/aromatic N) is 2. The molecule has 0 atom stereocenters. The average molecular weight is 423 g/mol. The van der Waals surface area contributed by atoms with Crippen LogP contribution in [0.25, 0.3) is 22.0 Å². The fourth-order valence-electron chi connectivity index (χ4n) is 4.73. The van der Waals surface area contributed by atoms with E-state index in [0.29, 0.717) is 16.2 Å². The number of benzene rings is 1. The van der Waals surface area contributed by atoms with E-state index in [0.717, 1.165) is 42.9 Å². The van der Waals surface area contributed by atoms with Crippen molar-refractivity contribution in [3.63, 3.8) is 0 Å². The van der Waals surface area contributed by atoms with Crippen LogP contribution in [0.5, 0.6) is 0 Å². The maximum Gasteiger partial charge on any atom is 0.274 e. The zero-order valence-electron chi connectivity index (χ0n) is 17.1. The van der Waals surface area contributed by atoms with Crippen LogP contribution in [0.1, 0.15) is 19.3 Å². The summed E-state index contributed by atoms with van der Waals surface area (Å²) in [6.07, 6.45) is 7.85. The molecule has 3 aromatic rings. The monoisotopic (exact) mass is 422 g/mol. The van der Waals surface area contributed by atoms with Gasteiger partial charge in [-0.1, -0.05) is 0 Å². The Morgan fingerprint density at radius 1 is 1.20 bits per heavy atom. The second-order valence-electron chi connectivity index (χ2n) is 9.01. The summed E-state index contributed by atoms with van der Waals surface area (Å²) in [6.45, 7) is 3.87. The minimum absolute atomic E-state index is 0.00762. The second-order valence-corrected chi connectivity index (χ2v) is 10.1. The SMILES string of the molecule is Cn1cc(-c2cc(NSC3COC3)ccc2N2CCC3(CC3)C2)c2cc[nH]c2c1=O. The van der Waals surface area contributed by atoms with Crippen molar-refractivity contribution in [3.05, 3.63) is 47.0 Å². The van der Waals surface area contributed by atoms with Crippen LogP contribution < -0.4 is 15.2 Å². The van der Waals surface area contributed by atoms with Gasteiger partial charge in [-0.2, -0.15) is 0 Å². The molecule has 3 aliphatic rings. The molecular weight excluding hydrogens is 396 g/mol. The van der Waals surface area contributed by atoms with Gasteiger partial charge in [-0.15, -0.1) is 0 Å². The quantitative estimate of drug-likeness (QED) is 0.609. The van der Waals surface area contributed by atoms with E-state index in [-0.39, 0.29) is 5.56 Å². The smallest absolute Gasteiger partial charge is 0.274 e. The highest BCUT2D eigenvalue weighted by molar-refractivity contribution is 8.01. The second kappa shape index (κ2) is 6.82. The van der Waals surface area contributed by atoms with E-state index in [1.807, 2.05) is 25.5 Å². The molecule has 6 nitrogen and oxygen atoms in total. The summed E-state index contributed by atoms with van der Waals surface area (Å²) in [6, 6.07) is 8.69. The summed E-state index contributed by atoms with van der Waals surface area (Å²) in [4.78, 5) is 18.3. The molecule has 0 unspecified atom stereocenters. The van der Waals surface area contributed by atoms with Gasteiger partial charge in [-0.25, -0.2) is 0 Å². The molecular formula is C23H26N4O2S. The third-order valence-electron chi connectivity index (χ3n) is 6.87. The number of aromatic nitrogens is 2. The van der Waals surface area contributed by atoms with Crippen LogP contribution in [0.2, 0.25) is 0 Å². The van der Waals surface area contributed by atoms with Crippen molar-refractivity contribution < 1.29 is 4.74 Å². The Balaban J connectivity index is 1.45. The number of H-pyrrole nitrogens is 1. The Hall–Kier alpha value is -2.38. The van der Waals surface area contributed by atoms with Gasteiger partial charge < -0.3 is 23.9 Å². The largest absolute Gasteiger partial charge is 0.379 e. The molecule has 4 heterocycles. The average Bonchev–Trinajstić information content (AvgIpc) is 3.11. The van der Waals surface area contributed by atoms with Crippen LogP contribution in [0, 0.1) is 5.41 Å². The Labute approximate surface area is 179 Å². The first kappa shape index (κ1) is 18.4. The number of anilines is 2. The van der Waals surface area contributed by atoms with E-state index >= 15 is 0 Å². The third kappa shape index (κ3) is 3.03. The molecule has 2 aromatic heterocycles. The van der Waals surface area contributed by atoms with Gasteiger partial charge in [-0.3, -0.25) is 4.79 Å². The van der Waals surface area contributed by atoms with Crippen LogP contribution in [0.15, 0.2) is 41.5 Å². The molecule has 6 rings (SSSR count). The summed E-state index contributed by atoms with van der Waals surface area (Å²) in [7, 11) is 1.83. The van der Waals surface area contributed by atoms with Crippen molar-refractivity contribution >= 4 is 34.2 Å². The number of nitrogens with one attached hydrogen (secondary N) is 2. The zero-order chi connectivity index (χ0) is 20.3. The van der Waals surface area contributed by atoms with Crippen LogP contribution in [-0.4, -0.2) is 41.1 Å². The summed E-state index contributed by atoms with van der Waals surface area (Å²) >= 11 is 1.73. The van der Waals surface area contributed by atoms with E-state index in [2.05, 4.69) is 32.8 Å². The molecule has 156 valence electrons. The zero-order valence-corrected chi connectivity index (χ0v) is 17.9. The first-order chi connectivity index (χ1) is 14.6. The van der Waals surface area contributed by atoms with Crippen molar-refractivity contribution in [2.75, 3.05) is 35.9 Å². The highest BCUT2D eigenvalue weighted by Gasteiger charge is 2.48. The molecule has 3 fully saturated rings. The fraction of sp³-hybridized carbons (Fsp3) is 0.435. The van der Waals surface area contributed by atoms with E-state index in [4.69, 9.17) is 4.74 Å². The lowest BCUT2D eigenvalue weighted by Gasteiger charge is -2.26. The molecule has 1 spiro atoms. The third-order valence-corrected chi connectivity index (χ3v) is 7.83. The normalized spacial score (nSPS) is 20.1.